The zero-order chi connectivity index (χ0) is 58.3. The number of ether oxygens (including phenoxy) is 3. The number of carbonyl (C=O) groups excluding carboxylic acids is 3. The number of hydrogen-bond donors (Lipinski definition) is 2. The van der Waals surface area contributed by atoms with Crippen LogP contribution in [0, 0.1) is 0 Å². The minimum absolute atomic E-state index is 0.149. The molecule has 464 valence electrons. The monoisotopic (exact) mass is 1140 g/mol. The fraction of sp³-hybridized carbons (Fsp3) is 0.779. The van der Waals surface area contributed by atoms with Crippen molar-refractivity contribution in [2.75, 3.05) is 26.4 Å². The first-order valence-electron chi connectivity index (χ1n) is 32.8. The lowest BCUT2D eigenvalue weighted by Crippen LogP contribution is -2.30. The van der Waals surface area contributed by atoms with E-state index >= 15 is 0 Å². The first-order valence-corrected chi connectivity index (χ1v) is 34.3. The third-order valence-electron chi connectivity index (χ3n) is 14.1. The molecule has 3 atom stereocenters. The molecule has 0 heterocycles. The topological polar surface area (TPSA) is 155 Å². The summed E-state index contributed by atoms with van der Waals surface area (Å²) in [6, 6.07) is 0. The van der Waals surface area contributed by atoms with Crippen molar-refractivity contribution in [2.24, 2.45) is 0 Å². The molecule has 0 aromatic heterocycles. The van der Waals surface area contributed by atoms with Gasteiger partial charge in [-0.05, 0) is 109 Å². The Morgan fingerprint density at radius 1 is 0.362 bits per heavy atom. The molecule has 0 aromatic carbocycles. The van der Waals surface area contributed by atoms with Crippen molar-refractivity contribution in [1.82, 2.24) is 0 Å². The SMILES string of the molecule is CC/C=C\C/C=C\C/C=C\C/C=C\CCCCCCCCC(=O)OC(COC(=O)CCCCCCC/C=C\CCCCCCCC)COP(=O)(O)OCC(CO)OC(=O)CCCCCCCCCCC/C=C\CCCCCCCC. The highest BCUT2D eigenvalue weighted by Gasteiger charge is 2.28. The number of allylic oxidation sites excluding steroid dienone is 12. The Balaban J connectivity index is 4.69. The Hall–Kier alpha value is -3.08. The summed E-state index contributed by atoms with van der Waals surface area (Å²) in [6.07, 6.45) is 71.3. The molecule has 80 heavy (non-hydrogen) atoms. The van der Waals surface area contributed by atoms with Gasteiger partial charge in [0.2, 0.25) is 0 Å². The van der Waals surface area contributed by atoms with Crippen LogP contribution in [-0.4, -0.2) is 66.5 Å². The van der Waals surface area contributed by atoms with Crippen LogP contribution in [-0.2, 0) is 42.2 Å². The van der Waals surface area contributed by atoms with E-state index in [2.05, 4.69) is 93.7 Å². The number of aliphatic hydroxyl groups is 1. The molecule has 0 bridgehead atoms. The fourth-order valence-corrected chi connectivity index (χ4v) is 9.89. The summed E-state index contributed by atoms with van der Waals surface area (Å²) in [7, 11) is -4.76. The number of esters is 3. The van der Waals surface area contributed by atoms with Crippen molar-refractivity contribution in [3.63, 3.8) is 0 Å². The molecule has 11 nitrogen and oxygen atoms in total. The van der Waals surface area contributed by atoms with E-state index < -0.39 is 57.8 Å². The summed E-state index contributed by atoms with van der Waals surface area (Å²) < 4.78 is 39.7. The molecule has 0 fully saturated rings. The Morgan fingerprint density at radius 3 is 1.01 bits per heavy atom. The number of phosphoric acid groups is 1. The first-order chi connectivity index (χ1) is 39.2. The molecule has 0 aliphatic rings. The van der Waals surface area contributed by atoms with Crippen LogP contribution in [0.5, 0.6) is 0 Å². The van der Waals surface area contributed by atoms with Gasteiger partial charge < -0.3 is 24.2 Å². The molecular weight excluding hydrogens is 1020 g/mol. The van der Waals surface area contributed by atoms with Gasteiger partial charge in [-0.1, -0.05) is 248 Å². The normalized spacial score (nSPS) is 13.7. The van der Waals surface area contributed by atoms with Gasteiger partial charge in [0.25, 0.3) is 0 Å². The van der Waals surface area contributed by atoms with Gasteiger partial charge in [0.05, 0.1) is 19.8 Å². The number of carbonyl (C=O) groups is 3. The van der Waals surface area contributed by atoms with Crippen molar-refractivity contribution < 1.29 is 52.2 Å². The van der Waals surface area contributed by atoms with Gasteiger partial charge in [-0.25, -0.2) is 4.57 Å². The molecule has 2 N–H and O–H groups in total. The minimum atomic E-state index is -4.76. The molecular formula is C68H121O11P. The number of aliphatic hydroxyl groups excluding tert-OH is 1. The highest BCUT2D eigenvalue weighted by Crippen LogP contribution is 2.43. The van der Waals surface area contributed by atoms with Crippen LogP contribution in [0.3, 0.4) is 0 Å². The Labute approximate surface area is 490 Å². The molecule has 0 saturated heterocycles. The van der Waals surface area contributed by atoms with Crippen molar-refractivity contribution in [3.8, 4) is 0 Å². The Kier molecular flexibility index (Phi) is 59.6. The van der Waals surface area contributed by atoms with Crippen LogP contribution in [0.1, 0.15) is 303 Å². The van der Waals surface area contributed by atoms with Crippen molar-refractivity contribution in [1.29, 1.82) is 0 Å². The summed E-state index contributed by atoms with van der Waals surface area (Å²) in [5, 5.41) is 9.86. The maximum atomic E-state index is 13.0. The molecule has 12 heteroatoms. The Bertz CT molecular complexity index is 1620. The zero-order valence-electron chi connectivity index (χ0n) is 51.5. The summed E-state index contributed by atoms with van der Waals surface area (Å²) in [4.78, 5) is 48.8. The van der Waals surface area contributed by atoms with E-state index in [9.17, 15) is 28.9 Å². The van der Waals surface area contributed by atoms with Crippen LogP contribution in [0.25, 0.3) is 0 Å². The summed E-state index contributed by atoms with van der Waals surface area (Å²) in [6.45, 7) is 4.54. The average molecular weight is 1150 g/mol. The summed E-state index contributed by atoms with van der Waals surface area (Å²) in [5.74, 6) is -1.48. The van der Waals surface area contributed by atoms with Gasteiger partial charge in [-0.2, -0.15) is 0 Å². The van der Waals surface area contributed by atoms with E-state index in [0.717, 1.165) is 122 Å². The van der Waals surface area contributed by atoms with Crippen molar-refractivity contribution >= 4 is 25.7 Å². The lowest BCUT2D eigenvalue weighted by Gasteiger charge is -2.21. The largest absolute Gasteiger partial charge is 0.472 e. The van der Waals surface area contributed by atoms with Crippen molar-refractivity contribution in [2.45, 2.75) is 315 Å². The molecule has 0 saturated carbocycles. The van der Waals surface area contributed by atoms with Gasteiger partial charge in [0, 0.05) is 19.3 Å². The lowest BCUT2D eigenvalue weighted by molar-refractivity contribution is -0.161. The fourth-order valence-electron chi connectivity index (χ4n) is 9.10. The summed E-state index contributed by atoms with van der Waals surface area (Å²) >= 11 is 0. The molecule has 0 rings (SSSR count). The van der Waals surface area contributed by atoms with Gasteiger partial charge in [0.1, 0.15) is 12.7 Å². The predicted octanol–water partition coefficient (Wildman–Crippen LogP) is 20.0. The average Bonchev–Trinajstić information content (AvgIpc) is 3.45. The standard InChI is InChI=1S/C68H121O11P/c1-4-7-10-13-16-19-22-25-28-30-32-34-37-40-43-46-49-52-55-58-67(71)78-64(60-69)62-76-80(73,74)77-63-65(61-75-66(70)57-54-51-48-45-42-39-36-27-24-21-18-15-12-9-6-3)79-68(72)59-56-53-50-47-44-41-38-35-33-31-29-26-23-20-17-14-11-8-5-2/h8,11,17,20,25-29,33,35-36,64-65,69H,4-7,9-10,12-16,18-19,21-24,30-32,34,37-63H2,1-3H3,(H,73,74)/b11-8-,20-17-,28-25-,29-26-,35-33-,36-27-. The molecule has 0 radical (unpaired) electrons. The number of hydrogen-bond acceptors (Lipinski definition) is 10. The minimum Gasteiger partial charge on any atom is -0.462 e. The number of rotatable bonds is 61. The van der Waals surface area contributed by atoms with E-state index in [4.69, 9.17) is 23.3 Å². The predicted molar refractivity (Wildman–Crippen MR) is 335 cm³/mol. The molecule has 0 amide bonds. The van der Waals surface area contributed by atoms with Gasteiger partial charge in [-0.15, -0.1) is 0 Å². The van der Waals surface area contributed by atoms with Crippen LogP contribution in [0.15, 0.2) is 72.9 Å². The van der Waals surface area contributed by atoms with Crippen LogP contribution in [0.4, 0.5) is 0 Å². The second-order valence-electron chi connectivity index (χ2n) is 21.9. The third kappa shape index (κ3) is 59.5. The lowest BCUT2D eigenvalue weighted by atomic mass is 10.1. The van der Waals surface area contributed by atoms with E-state index in [1.807, 2.05) is 0 Å². The molecule has 0 aromatic rings. The molecule has 0 aliphatic carbocycles. The number of unbranched alkanes of at least 4 members (excludes halogenated alkanes) is 32. The van der Waals surface area contributed by atoms with E-state index in [1.165, 1.54) is 122 Å². The quantitative estimate of drug-likeness (QED) is 0.0197. The van der Waals surface area contributed by atoms with Crippen LogP contribution >= 0.6 is 7.82 Å². The van der Waals surface area contributed by atoms with E-state index in [-0.39, 0.29) is 25.9 Å². The first kappa shape index (κ1) is 76.9. The zero-order valence-corrected chi connectivity index (χ0v) is 52.4. The highest BCUT2D eigenvalue weighted by molar-refractivity contribution is 7.47. The van der Waals surface area contributed by atoms with E-state index in [0.29, 0.717) is 19.3 Å². The Morgan fingerprint density at radius 2 is 0.650 bits per heavy atom. The third-order valence-corrected chi connectivity index (χ3v) is 15.0. The van der Waals surface area contributed by atoms with Crippen molar-refractivity contribution in [3.05, 3.63) is 72.9 Å². The van der Waals surface area contributed by atoms with E-state index in [1.54, 1.807) is 0 Å². The maximum absolute atomic E-state index is 13.0. The molecule has 3 unspecified atom stereocenters. The molecule has 0 spiro atoms. The smallest absolute Gasteiger partial charge is 0.462 e. The highest BCUT2D eigenvalue weighted by atomic mass is 31.2. The van der Waals surface area contributed by atoms with Gasteiger partial charge in [0.15, 0.2) is 6.10 Å². The van der Waals surface area contributed by atoms with Gasteiger partial charge in [-0.3, -0.25) is 23.4 Å². The van der Waals surface area contributed by atoms with Crippen LogP contribution in [0.2, 0.25) is 0 Å². The number of phosphoric ester groups is 1. The second-order valence-corrected chi connectivity index (χ2v) is 23.3. The second kappa shape index (κ2) is 62.0. The van der Waals surface area contributed by atoms with Gasteiger partial charge >= 0.3 is 25.7 Å². The maximum Gasteiger partial charge on any atom is 0.472 e. The molecule has 0 aliphatic heterocycles. The van der Waals surface area contributed by atoms with Crippen LogP contribution < -0.4 is 0 Å². The summed E-state index contributed by atoms with van der Waals surface area (Å²) in [5.41, 5.74) is 0.